The standard InChI is InChI=1S/C31H29Br2N3O5S/c1-21-8-14-26(15-9-21)42(38,39)36-28(24-6-4-3-5-7-24)18-30(37)35-34-19-23-16-27(33)31(29(17-23)40-2)41-20-22-10-12-25(32)13-11-22/h3-17,19,28,36H,18,20H2,1-2H3,(H,35,37)/b34-19-/t28-/m0/s1. The largest absolute Gasteiger partial charge is 0.493 e. The van der Waals surface area contributed by atoms with Gasteiger partial charge in [-0.3, -0.25) is 4.79 Å². The van der Waals surface area contributed by atoms with E-state index in [0.29, 0.717) is 33.7 Å². The minimum absolute atomic E-state index is 0.122. The lowest BCUT2D eigenvalue weighted by Crippen LogP contribution is -2.32. The van der Waals surface area contributed by atoms with E-state index < -0.39 is 22.0 Å². The number of rotatable bonds is 12. The van der Waals surface area contributed by atoms with E-state index in [1.54, 1.807) is 55.6 Å². The first kappa shape index (κ1) is 31.4. The number of benzene rings is 4. The van der Waals surface area contributed by atoms with Gasteiger partial charge in [0.1, 0.15) is 6.61 Å². The van der Waals surface area contributed by atoms with Gasteiger partial charge in [0, 0.05) is 10.9 Å². The topological polar surface area (TPSA) is 106 Å². The van der Waals surface area contributed by atoms with E-state index in [9.17, 15) is 13.2 Å². The molecule has 0 aliphatic carbocycles. The lowest BCUT2D eigenvalue weighted by molar-refractivity contribution is -0.121. The van der Waals surface area contributed by atoms with Gasteiger partial charge in [0.15, 0.2) is 11.5 Å². The lowest BCUT2D eigenvalue weighted by atomic mass is 10.0. The van der Waals surface area contributed by atoms with Crippen LogP contribution in [0.15, 0.2) is 110 Å². The highest BCUT2D eigenvalue weighted by Crippen LogP contribution is 2.37. The second kappa shape index (κ2) is 14.6. The number of sulfonamides is 1. The fourth-order valence-electron chi connectivity index (χ4n) is 3.99. The van der Waals surface area contributed by atoms with E-state index in [0.717, 1.165) is 15.6 Å². The maximum Gasteiger partial charge on any atom is 0.242 e. The molecule has 0 aliphatic rings. The molecular formula is C31H29Br2N3O5S. The SMILES string of the molecule is COc1cc(/C=N\NC(=O)C[C@H](NS(=O)(=O)c2ccc(C)cc2)c2ccccc2)cc(Br)c1OCc1ccc(Br)cc1. The number of carbonyl (C=O) groups excluding carboxylic acids is 1. The lowest BCUT2D eigenvalue weighted by Gasteiger charge is -2.18. The summed E-state index contributed by atoms with van der Waals surface area (Å²) in [6.45, 7) is 2.23. The van der Waals surface area contributed by atoms with Gasteiger partial charge in [0.25, 0.3) is 0 Å². The Hall–Kier alpha value is -3.51. The van der Waals surface area contributed by atoms with Gasteiger partial charge in [-0.25, -0.2) is 18.6 Å². The van der Waals surface area contributed by atoms with Crippen molar-refractivity contribution in [2.24, 2.45) is 5.10 Å². The Morgan fingerprint density at radius 2 is 1.67 bits per heavy atom. The van der Waals surface area contributed by atoms with Crippen LogP contribution in [-0.2, 0) is 21.4 Å². The number of ether oxygens (including phenoxy) is 2. The van der Waals surface area contributed by atoms with Gasteiger partial charge in [0.2, 0.25) is 15.9 Å². The van der Waals surface area contributed by atoms with Gasteiger partial charge in [-0.15, -0.1) is 0 Å². The molecule has 0 unspecified atom stereocenters. The summed E-state index contributed by atoms with van der Waals surface area (Å²) in [5, 5.41) is 4.08. The molecule has 0 heterocycles. The van der Waals surface area contributed by atoms with Crippen LogP contribution in [0.3, 0.4) is 0 Å². The molecule has 4 rings (SSSR count). The van der Waals surface area contributed by atoms with Crippen LogP contribution in [0.5, 0.6) is 11.5 Å². The normalized spacial score (nSPS) is 12.2. The fraction of sp³-hybridized carbons (Fsp3) is 0.161. The molecule has 42 heavy (non-hydrogen) atoms. The van der Waals surface area contributed by atoms with Crippen LogP contribution in [0, 0.1) is 6.92 Å². The Morgan fingerprint density at radius 3 is 2.33 bits per heavy atom. The Kier molecular flexibility index (Phi) is 10.9. The van der Waals surface area contributed by atoms with Crippen molar-refractivity contribution in [3.8, 4) is 11.5 Å². The van der Waals surface area contributed by atoms with Gasteiger partial charge in [-0.2, -0.15) is 5.10 Å². The molecule has 0 aliphatic heterocycles. The Morgan fingerprint density at radius 1 is 0.976 bits per heavy atom. The van der Waals surface area contributed by atoms with Gasteiger partial charge in [0.05, 0.1) is 28.7 Å². The van der Waals surface area contributed by atoms with E-state index >= 15 is 0 Å². The van der Waals surface area contributed by atoms with E-state index in [1.807, 2.05) is 37.3 Å². The zero-order valence-corrected chi connectivity index (χ0v) is 26.9. The second-order valence-corrected chi connectivity index (χ2v) is 12.8. The molecule has 11 heteroatoms. The number of hydrazone groups is 1. The van der Waals surface area contributed by atoms with Crippen LogP contribution >= 0.6 is 31.9 Å². The Bertz CT molecular complexity index is 1650. The highest BCUT2D eigenvalue weighted by atomic mass is 79.9. The Labute approximate surface area is 262 Å². The van der Waals surface area contributed by atoms with Crippen molar-refractivity contribution < 1.29 is 22.7 Å². The van der Waals surface area contributed by atoms with Crippen LogP contribution in [0.4, 0.5) is 0 Å². The molecule has 218 valence electrons. The molecule has 4 aromatic carbocycles. The van der Waals surface area contributed by atoms with Crippen molar-refractivity contribution in [2.75, 3.05) is 7.11 Å². The van der Waals surface area contributed by atoms with Crippen LogP contribution in [0.2, 0.25) is 0 Å². The third-order valence-corrected chi connectivity index (χ3v) is 8.78. The minimum atomic E-state index is -3.88. The smallest absolute Gasteiger partial charge is 0.242 e. The summed E-state index contributed by atoms with van der Waals surface area (Å²) in [5.74, 6) is 0.560. The first-order valence-corrected chi connectivity index (χ1v) is 15.9. The van der Waals surface area contributed by atoms with Crippen molar-refractivity contribution in [1.29, 1.82) is 0 Å². The molecule has 1 atom stereocenters. The van der Waals surface area contributed by atoms with Crippen LogP contribution in [0.25, 0.3) is 0 Å². The summed E-state index contributed by atoms with van der Waals surface area (Å²) in [5.41, 5.74) is 5.73. The molecule has 0 saturated heterocycles. The van der Waals surface area contributed by atoms with Gasteiger partial charge in [-0.1, -0.05) is 76.1 Å². The summed E-state index contributed by atoms with van der Waals surface area (Å²) in [7, 11) is -2.34. The molecule has 0 aromatic heterocycles. The summed E-state index contributed by atoms with van der Waals surface area (Å²) >= 11 is 6.95. The summed E-state index contributed by atoms with van der Waals surface area (Å²) in [6.07, 6.45) is 1.31. The zero-order chi connectivity index (χ0) is 30.1. The molecule has 8 nitrogen and oxygen atoms in total. The number of hydrogen-bond donors (Lipinski definition) is 2. The quantitative estimate of drug-likeness (QED) is 0.126. The third-order valence-electron chi connectivity index (χ3n) is 6.17. The predicted octanol–water partition coefficient (Wildman–Crippen LogP) is 6.67. The Balaban J connectivity index is 1.43. The number of nitrogens with one attached hydrogen (secondary N) is 2. The van der Waals surface area contributed by atoms with Gasteiger partial charge >= 0.3 is 0 Å². The highest BCUT2D eigenvalue weighted by molar-refractivity contribution is 9.10. The highest BCUT2D eigenvalue weighted by Gasteiger charge is 2.23. The number of carbonyl (C=O) groups is 1. The number of methoxy groups -OCH3 is 1. The van der Waals surface area contributed by atoms with Crippen LogP contribution in [0.1, 0.15) is 34.7 Å². The summed E-state index contributed by atoms with van der Waals surface area (Å²) in [4.78, 5) is 13.0. The maximum atomic E-state index is 13.1. The molecule has 0 bridgehead atoms. The first-order chi connectivity index (χ1) is 20.1. The third kappa shape index (κ3) is 8.75. The molecular weight excluding hydrogens is 686 g/mol. The predicted molar refractivity (Wildman–Crippen MR) is 170 cm³/mol. The van der Waals surface area contributed by atoms with Crippen molar-refractivity contribution >= 4 is 54.0 Å². The van der Waals surface area contributed by atoms with E-state index in [2.05, 4.69) is 47.1 Å². The summed E-state index contributed by atoms with van der Waals surface area (Å²) in [6, 6.07) is 26.0. The molecule has 0 radical (unpaired) electrons. The van der Waals surface area contributed by atoms with Crippen molar-refractivity contribution in [3.05, 3.63) is 122 Å². The summed E-state index contributed by atoms with van der Waals surface area (Å²) < 4.78 is 41.9. The van der Waals surface area contributed by atoms with Crippen molar-refractivity contribution in [1.82, 2.24) is 10.1 Å². The van der Waals surface area contributed by atoms with E-state index in [1.165, 1.54) is 18.3 Å². The average molecular weight is 715 g/mol. The van der Waals surface area contributed by atoms with E-state index in [-0.39, 0.29) is 11.3 Å². The molecule has 0 spiro atoms. The molecule has 1 amide bonds. The number of halogens is 2. The van der Waals surface area contributed by atoms with Crippen LogP contribution in [-0.4, -0.2) is 27.6 Å². The zero-order valence-electron chi connectivity index (χ0n) is 22.9. The van der Waals surface area contributed by atoms with Gasteiger partial charge in [-0.05, 0) is 75.9 Å². The maximum absolute atomic E-state index is 13.1. The molecule has 4 aromatic rings. The van der Waals surface area contributed by atoms with E-state index in [4.69, 9.17) is 9.47 Å². The van der Waals surface area contributed by atoms with Crippen molar-refractivity contribution in [2.45, 2.75) is 30.9 Å². The first-order valence-electron chi connectivity index (χ1n) is 12.9. The monoisotopic (exact) mass is 713 g/mol. The average Bonchev–Trinajstić information content (AvgIpc) is 2.97. The van der Waals surface area contributed by atoms with Crippen LogP contribution < -0.4 is 19.6 Å². The fourth-order valence-corrected chi connectivity index (χ4v) is 6.05. The number of amides is 1. The number of hydrogen-bond acceptors (Lipinski definition) is 6. The second-order valence-electron chi connectivity index (χ2n) is 9.34. The molecule has 0 saturated carbocycles. The van der Waals surface area contributed by atoms with Crippen molar-refractivity contribution in [3.63, 3.8) is 0 Å². The minimum Gasteiger partial charge on any atom is -0.493 e. The number of aryl methyl sites for hydroxylation is 1. The number of nitrogens with zero attached hydrogens (tertiary/aromatic N) is 1. The molecule has 2 N–H and O–H groups in total. The van der Waals surface area contributed by atoms with Gasteiger partial charge < -0.3 is 9.47 Å². The molecule has 0 fully saturated rings.